The molecule has 0 aromatic carbocycles. The van der Waals surface area contributed by atoms with Crippen molar-refractivity contribution in [3.8, 4) is 0 Å². The van der Waals surface area contributed by atoms with Crippen LogP contribution in [0.2, 0.25) is 0 Å². The smallest absolute Gasteiger partial charge is 0.0630 e. The van der Waals surface area contributed by atoms with Gasteiger partial charge in [0.25, 0.3) is 0 Å². The van der Waals surface area contributed by atoms with Crippen molar-refractivity contribution in [1.82, 2.24) is 4.90 Å². The molecule has 4 heteroatoms. The maximum Gasteiger partial charge on any atom is 0.0630 e. The van der Waals surface area contributed by atoms with Gasteiger partial charge in [-0.25, -0.2) is 0 Å². The number of morpholine rings is 1. The summed E-state index contributed by atoms with van der Waals surface area (Å²) in [5, 5.41) is 0.981. The molecule has 0 N–H and O–H groups in total. The molecule has 0 aliphatic carbocycles. The van der Waals surface area contributed by atoms with E-state index in [9.17, 15) is 0 Å². The minimum absolute atomic E-state index is 0.332. The molecule has 1 saturated heterocycles. The lowest BCUT2D eigenvalue weighted by molar-refractivity contribution is -0.0185. The molecule has 3 nitrogen and oxygen atoms in total. The van der Waals surface area contributed by atoms with Gasteiger partial charge in [0.2, 0.25) is 0 Å². The summed E-state index contributed by atoms with van der Waals surface area (Å²) in [5.74, 6) is 0. The van der Waals surface area contributed by atoms with Gasteiger partial charge in [-0.3, -0.25) is 4.90 Å². The van der Waals surface area contributed by atoms with Crippen LogP contribution in [0.5, 0.6) is 0 Å². The lowest BCUT2D eigenvalue weighted by Crippen LogP contribution is -2.47. The Balaban J connectivity index is 2.19. The van der Waals surface area contributed by atoms with E-state index >= 15 is 0 Å². The average Bonchev–Trinajstić information content (AvgIpc) is 2.18. The van der Waals surface area contributed by atoms with Crippen molar-refractivity contribution >= 4 is 15.9 Å². The molecule has 1 rings (SSSR count). The van der Waals surface area contributed by atoms with E-state index in [2.05, 4.69) is 34.7 Å². The second-order valence-electron chi connectivity index (χ2n) is 3.84. The van der Waals surface area contributed by atoms with E-state index in [1.165, 1.54) is 0 Å². The summed E-state index contributed by atoms with van der Waals surface area (Å²) >= 11 is 3.51. The molecule has 0 radical (unpaired) electrons. The highest BCUT2D eigenvalue weighted by Gasteiger charge is 2.21. The third kappa shape index (κ3) is 4.26. The highest BCUT2D eigenvalue weighted by Crippen LogP contribution is 2.08. The SMILES string of the molecule is CC(C)OCCN1CCOCC1CBr. The first-order chi connectivity index (χ1) is 6.74. The van der Waals surface area contributed by atoms with Crippen LogP contribution in [0.1, 0.15) is 13.8 Å². The third-order valence-corrected chi connectivity index (χ3v) is 3.10. The van der Waals surface area contributed by atoms with Crippen LogP contribution >= 0.6 is 15.9 Å². The first-order valence-electron chi connectivity index (χ1n) is 5.23. The van der Waals surface area contributed by atoms with Gasteiger partial charge in [0.05, 0.1) is 25.9 Å². The Bertz CT molecular complexity index is 155. The van der Waals surface area contributed by atoms with Gasteiger partial charge in [-0.1, -0.05) is 15.9 Å². The number of halogens is 1. The monoisotopic (exact) mass is 265 g/mol. The molecule has 0 aromatic heterocycles. The highest BCUT2D eigenvalue weighted by molar-refractivity contribution is 9.09. The molecule has 1 atom stereocenters. The fourth-order valence-electron chi connectivity index (χ4n) is 1.53. The van der Waals surface area contributed by atoms with Crippen molar-refractivity contribution in [2.75, 3.05) is 38.2 Å². The molecule has 14 heavy (non-hydrogen) atoms. The Kier molecular flexibility index (Phi) is 6.01. The number of rotatable bonds is 5. The van der Waals surface area contributed by atoms with Crippen molar-refractivity contribution < 1.29 is 9.47 Å². The molecule has 0 spiro atoms. The van der Waals surface area contributed by atoms with Crippen molar-refractivity contribution in [2.24, 2.45) is 0 Å². The lowest BCUT2D eigenvalue weighted by atomic mass is 10.2. The Morgan fingerprint density at radius 1 is 1.57 bits per heavy atom. The molecule has 1 aliphatic heterocycles. The summed E-state index contributed by atoms with van der Waals surface area (Å²) in [6.07, 6.45) is 0.332. The number of hydrogen-bond acceptors (Lipinski definition) is 3. The van der Waals surface area contributed by atoms with E-state index in [0.29, 0.717) is 12.1 Å². The van der Waals surface area contributed by atoms with Crippen LogP contribution in [0, 0.1) is 0 Å². The number of ether oxygens (including phenoxy) is 2. The van der Waals surface area contributed by atoms with Crippen LogP contribution in [-0.2, 0) is 9.47 Å². The fraction of sp³-hybridized carbons (Fsp3) is 1.00. The van der Waals surface area contributed by atoms with E-state index in [0.717, 1.165) is 38.2 Å². The van der Waals surface area contributed by atoms with Crippen molar-refractivity contribution in [3.05, 3.63) is 0 Å². The first kappa shape index (κ1) is 12.4. The molecule has 84 valence electrons. The quantitative estimate of drug-likeness (QED) is 0.704. The Morgan fingerprint density at radius 2 is 2.36 bits per heavy atom. The molecule has 0 bridgehead atoms. The summed E-state index contributed by atoms with van der Waals surface area (Å²) in [6, 6.07) is 0.513. The summed E-state index contributed by atoms with van der Waals surface area (Å²) in [7, 11) is 0. The Labute approximate surface area is 94.9 Å². The largest absolute Gasteiger partial charge is 0.378 e. The number of alkyl halides is 1. The van der Waals surface area contributed by atoms with E-state index in [1.54, 1.807) is 0 Å². The van der Waals surface area contributed by atoms with Gasteiger partial charge in [0.15, 0.2) is 0 Å². The summed E-state index contributed by atoms with van der Waals surface area (Å²) in [6.45, 7) is 8.69. The predicted molar refractivity (Wildman–Crippen MR) is 61.1 cm³/mol. The van der Waals surface area contributed by atoms with Crippen LogP contribution in [0.4, 0.5) is 0 Å². The minimum Gasteiger partial charge on any atom is -0.378 e. The highest BCUT2D eigenvalue weighted by atomic mass is 79.9. The summed E-state index contributed by atoms with van der Waals surface area (Å²) in [4.78, 5) is 2.43. The molecular formula is C10H20BrNO2. The predicted octanol–water partition coefficient (Wildman–Crippen LogP) is 1.51. The zero-order valence-electron chi connectivity index (χ0n) is 9.04. The van der Waals surface area contributed by atoms with Gasteiger partial charge < -0.3 is 9.47 Å². The lowest BCUT2D eigenvalue weighted by Gasteiger charge is -2.34. The number of nitrogens with zero attached hydrogens (tertiary/aromatic N) is 1. The topological polar surface area (TPSA) is 21.7 Å². The summed E-state index contributed by atoms with van der Waals surface area (Å²) < 4.78 is 11.0. The second kappa shape index (κ2) is 6.77. The molecule has 1 aliphatic rings. The van der Waals surface area contributed by atoms with Gasteiger partial charge in [-0.2, -0.15) is 0 Å². The van der Waals surface area contributed by atoms with Gasteiger partial charge in [-0.15, -0.1) is 0 Å². The van der Waals surface area contributed by atoms with E-state index in [-0.39, 0.29) is 0 Å². The molecule has 1 heterocycles. The van der Waals surface area contributed by atoms with E-state index in [1.807, 2.05) is 0 Å². The second-order valence-corrected chi connectivity index (χ2v) is 4.49. The van der Waals surface area contributed by atoms with Crippen molar-refractivity contribution in [1.29, 1.82) is 0 Å². The van der Waals surface area contributed by atoms with Crippen LogP contribution in [0.15, 0.2) is 0 Å². The van der Waals surface area contributed by atoms with E-state index < -0.39 is 0 Å². The van der Waals surface area contributed by atoms with Crippen LogP contribution < -0.4 is 0 Å². The standard InChI is InChI=1S/C10H20BrNO2/c1-9(2)14-6-4-12-3-5-13-8-10(12)7-11/h9-10H,3-8H2,1-2H3. The Hall–Kier alpha value is 0.360. The maximum absolute atomic E-state index is 5.54. The normalized spacial score (nSPS) is 24.4. The molecule has 0 amide bonds. The van der Waals surface area contributed by atoms with Gasteiger partial charge >= 0.3 is 0 Å². The van der Waals surface area contributed by atoms with Gasteiger partial charge in [-0.05, 0) is 13.8 Å². The third-order valence-electron chi connectivity index (χ3n) is 2.36. The minimum atomic E-state index is 0.332. The number of hydrogen-bond donors (Lipinski definition) is 0. The van der Waals surface area contributed by atoms with Crippen molar-refractivity contribution in [3.63, 3.8) is 0 Å². The molecular weight excluding hydrogens is 246 g/mol. The van der Waals surface area contributed by atoms with Gasteiger partial charge in [0, 0.05) is 24.5 Å². The fourth-order valence-corrected chi connectivity index (χ4v) is 2.13. The zero-order valence-corrected chi connectivity index (χ0v) is 10.6. The van der Waals surface area contributed by atoms with Gasteiger partial charge in [0.1, 0.15) is 0 Å². The molecule has 0 saturated carbocycles. The maximum atomic E-state index is 5.54. The van der Waals surface area contributed by atoms with Crippen LogP contribution in [-0.4, -0.2) is 55.3 Å². The molecule has 0 aromatic rings. The average molecular weight is 266 g/mol. The Morgan fingerprint density at radius 3 is 3.00 bits per heavy atom. The summed E-state index contributed by atoms with van der Waals surface area (Å²) in [5.41, 5.74) is 0. The van der Waals surface area contributed by atoms with Crippen molar-refractivity contribution in [2.45, 2.75) is 26.0 Å². The molecule has 1 fully saturated rings. The zero-order chi connectivity index (χ0) is 10.4. The van der Waals surface area contributed by atoms with E-state index in [4.69, 9.17) is 9.47 Å². The van der Waals surface area contributed by atoms with Crippen LogP contribution in [0.25, 0.3) is 0 Å². The van der Waals surface area contributed by atoms with Crippen LogP contribution in [0.3, 0.4) is 0 Å². The molecule has 1 unspecified atom stereocenters. The first-order valence-corrected chi connectivity index (χ1v) is 6.35.